The minimum Gasteiger partial charge on any atom is -0.497 e. The Balaban J connectivity index is 1.56. The molecule has 2 aromatic carbocycles. The number of rotatable bonds is 6. The minimum absolute atomic E-state index is 0.176. The minimum atomic E-state index is -0.640. The Morgan fingerprint density at radius 3 is 2.27 bits per heavy atom. The number of amides is 1. The summed E-state index contributed by atoms with van der Waals surface area (Å²) < 4.78 is 38.5. The monoisotopic (exact) mass is 509 g/mol. The van der Waals surface area contributed by atoms with Crippen molar-refractivity contribution in [1.82, 2.24) is 9.88 Å². The van der Waals surface area contributed by atoms with Gasteiger partial charge in [0.25, 0.3) is 0 Å². The maximum Gasteiger partial charge on any atom is 0.410 e. The number of benzene rings is 2. The Labute approximate surface area is 216 Å². The van der Waals surface area contributed by atoms with Crippen LogP contribution in [0.4, 0.5) is 19.3 Å². The molecule has 0 atom stereocenters. The van der Waals surface area contributed by atoms with E-state index in [9.17, 15) is 13.6 Å². The van der Waals surface area contributed by atoms with Gasteiger partial charge in [-0.2, -0.15) is 0 Å². The van der Waals surface area contributed by atoms with E-state index < -0.39 is 17.2 Å². The average molecular weight is 510 g/mol. The smallest absolute Gasteiger partial charge is 0.410 e. The van der Waals surface area contributed by atoms with Gasteiger partial charge >= 0.3 is 6.09 Å². The highest BCUT2D eigenvalue weighted by Crippen LogP contribution is 2.29. The highest BCUT2D eigenvalue weighted by Gasteiger charge is 2.30. The number of aromatic nitrogens is 1. The van der Waals surface area contributed by atoms with Crippen molar-refractivity contribution >= 4 is 11.8 Å². The molecule has 37 heavy (non-hydrogen) atoms. The van der Waals surface area contributed by atoms with Crippen LogP contribution in [0, 0.1) is 11.6 Å². The number of anilines is 1. The lowest BCUT2D eigenvalue weighted by Crippen LogP contribution is -2.48. The van der Waals surface area contributed by atoms with Gasteiger partial charge in [0.1, 0.15) is 23.0 Å². The Hall–Kier alpha value is -3.68. The molecule has 8 heteroatoms. The molecular weight excluding hydrogens is 476 g/mol. The lowest BCUT2D eigenvalue weighted by atomic mass is 10.0. The van der Waals surface area contributed by atoms with Crippen molar-refractivity contribution in [2.45, 2.75) is 51.8 Å². The highest BCUT2D eigenvalue weighted by atomic mass is 19.1. The van der Waals surface area contributed by atoms with E-state index in [-0.39, 0.29) is 12.1 Å². The van der Waals surface area contributed by atoms with E-state index in [2.05, 4.69) is 9.88 Å². The number of ether oxygens (including phenoxy) is 2. The summed E-state index contributed by atoms with van der Waals surface area (Å²) in [5.41, 5.74) is 2.34. The number of likely N-dealkylation sites (tertiary alicyclic amines) is 1. The first kappa shape index (κ1) is 26.4. The number of hydrogen-bond donors (Lipinski definition) is 0. The third-order valence-electron chi connectivity index (χ3n) is 6.30. The van der Waals surface area contributed by atoms with Crippen molar-refractivity contribution in [3.63, 3.8) is 0 Å². The molecule has 0 bridgehead atoms. The number of pyridine rings is 1. The van der Waals surface area contributed by atoms with Gasteiger partial charge in [0.15, 0.2) is 0 Å². The number of nitrogens with zero attached hydrogens (tertiary/aromatic N) is 3. The van der Waals surface area contributed by atoms with E-state index in [0.717, 1.165) is 35.9 Å². The van der Waals surface area contributed by atoms with Gasteiger partial charge in [0.05, 0.1) is 12.8 Å². The number of hydrogen-bond acceptors (Lipinski definition) is 5. The quantitative estimate of drug-likeness (QED) is 0.383. The number of piperidine rings is 1. The molecule has 4 rings (SSSR count). The topological polar surface area (TPSA) is 54.9 Å². The number of methoxy groups -OCH3 is 1. The molecular formula is C29H33F2N3O3. The summed E-state index contributed by atoms with van der Waals surface area (Å²) in [5, 5.41) is 0. The molecule has 1 aliphatic heterocycles. The molecule has 3 aromatic rings. The summed E-state index contributed by atoms with van der Waals surface area (Å²) in [7, 11) is 1.63. The van der Waals surface area contributed by atoms with Crippen LogP contribution in [-0.4, -0.2) is 47.8 Å². The predicted molar refractivity (Wildman–Crippen MR) is 140 cm³/mol. The third kappa shape index (κ3) is 6.96. The van der Waals surface area contributed by atoms with E-state index in [1.807, 2.05) is 57.2 Å². The summed E-state index contributed by atoms with van der Waals surface area (Å²) in [6.07, 6.45) is 2.92. The summed E-state index contributed by atoms with van der Waals surface area (Å²) in [4.78, 5) is 21.0. The van der Waals surface area contributed by atoms with Crippen molar-refractivity contribution in [2.75, 3.05) is 25.1 Å². The fraction of sp³-hybridized carbons (Fsp3) is 0.379. The van der Waals surface area contributed by atoms with Crippen molar-refractivity contribution in [1.29, 1.82) is 0 Å². The molecule has 0 spiro atoms. The van der Waals surface area contributed by atoms with E-state index in [1.165, 1.54) is 12.1 Å². The predicted octanol–water partition coefficient (Wildman–Crippen LogP) is 6.44. The van der Waals surface area contributed by atoms with E-state index >= 15 is 0 Å². The standard InChI is InChI=1S/C29H33F2N3O3/c1-29(2,3)37-28(35)33-13-10-25(11-14-33)34(24-5-7-26(36-4)8-6-24)19-20-9-12-32-27(15-20)21-16-22(30)18-23(31)17-21/h5-9,12,15-18,25H,10-11,13-14,19H2,1-4H3. The van der Waals surface area contributed by atoms with Gasteiger partial charge in [0, 0.05) is 49.2 Å². The van der Waals surface area contributed by atoms with Crippen LogP contribution in [0.5, 0.6) is 5.75 Å². The average Bonchev–Trinajstić information content (AvgIpc) is 2.86. The Morgan fingerprint density at radius 1 is 1.03 bits per heavy atom. The first-order valence-corrected chi connectivity index (χ1v) is 12.4. The summed E-state index contributed by atoms with van der Waals surface area (Å²) in [6.45, 7) is 7.35. The fourth-order valence-corrected chi connectivity index (χ4v) is 4.52. The fourth-order valence-electron chi connectivity index (χ4n) is 4.52. The highest BCUT2D eigenvalue weighted by molar-refractivity contribution is 5.68. The Bertz CT molecular complexity index is 1200. The van der Waals surface area contributed by atoms with Crippen LogP contribution in [0.25, 0.3) is 11.3 Å². The van der Waals surface area contributed by atoms with Crippen molar-refractivity contribution < 1.29 is 23.0 Å². The lowest BCUT2D eigenvalue weighted by molar-refractivity contribution is 0.0204. The Kier molecular flexibility index (Phi) is 7.95. The summed E-state index contributed by atoms with van der Waals surface area (Å²) >= 11 is 0. The SMILES string of the molecule is COc1ccc(N(Cc2ccnc(-c3cc(F)cc(F)c3)c2)C2CCN(C(=O)OC(C)(C)C)CC2)cc1. The molecule has 1 saturated heterocycles. The van der Waals surface area contributed by atoms with Crippen LogP contribution >= 0.6 is 0 Å². The second kappa shape index (κ2) is 11.2. The van der Waals surface area contributed by atoms with Gasteiger partial charge < -0.3 is 19.3 Å². The van der Waals surface area contributed by atoms with Crippen molar-refractivity contribution in [2.24, 2.45) is 0 Å². The molecule has 1 aromatic heterocycles. The van der Waals surface area contributed by atoms with Crippen LogP contribution in [0.3, 0.4) is 0 Å². The van der Waals surface area contributed by atoms with E-state index in [1.54, 1.807) is 18.2 Å². The maximum atomic E-state index is 13.8. The molecule has 6 nitrogen and oxygen atoms in total. The number of carbonyl (C=O) groups excluding carboxylic acids is 1. The molecule has 0 radical (unpaired) electrons. The molecule has 0 N–H and O–H groups in total. The van der Waals surface area contributed by atoms with Crippen molar-refractivity contribution in [3.05, 3.63) is 78.0 Å². The third-order valence-corrected chi connectivity index (χ3v) is 6.30. The summed E-state index contributed by atoms with van der Waals surface area (Å²) in [6, 6.07) is 15.2. The zero-order chi connectivity index (χ0) is 26.6. The van der Waals surface area contributed by atoms with Gasteiger partial charge in [-0.3, -0.25) is 4.98 Å². The molecule has 1 fully saturated rings. The van der Waals surface area contributed by atoms with Gasteiger partial charge in [0.2, 0.25) is 0 Å². The van der Waals surface area contributed by atoms with E-state index in [0.29, 0.717) is 30.9 Å². The molecule has 0 unspecified atom stereocenters. The van der Waals surface area contributed by atoms with Gasteiger partial charge in [-0.05, 0) is 87.7 Å². The van der Waals surface area contributed by atoms with E-state index in [4.69, 9.17) is 9.47 Å². The molecule has 196 valence electrons. The first-order chi connectivity index (χ1) is 17.6. The van der Waals surface area contributed by atoms with Gasteiger partial charge in [-0.25, -0.2) is 13.6 Å². The molecule has 0 aliphatic carbocycles. The Morgan fingerprint density at radius 2 is 1.68 bits per heavy atom. The lowest BCUT2D eigenvalue weighted by Gasteiger charge is -2.40. The second-order valence-corrected chi connectivity index (χ2v) is 10.2. The van der Waals surface area contributed by atoms with Crippen molar-refractivity contribution in [3.8, 4) is 17.0 Å². The number of halogens is 2. The molecule has 0 saturated carbocycles. The van der Waals surface area contributed by atoms with Crippen LogP contribution in [0.2, 0.25) is 0 Å². The maximum absolute atomic E-state index is 13.8. The zero-order valence-electron chi connectivity index (χ0n) is 21.7. The first-order valence-electron chi connectivity index (χ1n) is 12.4. The zero-order valence-corrected chi connectivity index (χ0v) is 21.7. The summed E-state index contributed by atoms with van der Waals surface area (Å²) in [5.74, 6) is -0.514. The normalized spacial score (nSPS) is 14.4. The van der Waals surface area contributed by atoms with Crippen LogP contribution in [0.1, 0.15) is 39.2 Å². The largest absolute Gasteiger partial charge is 0.497 e. The second-order valence-electron chi connectivity index (χ2n) is 10.2. The molecule has 1 aliphatic rings. The van der Waals surface area contributed by atoms with Gasteiger partial charge in [-0.15, -0.1) is 0 Å². The number of carbonyl (C=O) groups is 1. The molecule has 1 amide bonds. The molecule has 2 heterocycles. The van der Waals surface area contributed by atoms with Gasteiger partial charge in [-0.1, -0.05) is 0 Å². The van der Waals surface area contributed by atoms with Crippen LogP contribution < -0.4 is 9.64 Å². The van der Waals surface area contributed by atoms with Crippen LogP contribution in [-0.2, 0) is 11.3 Å². The van der Waals surface area contributed by atoms with Crippen LogP contribution in [0.15, 0.2) is 60.8 Å².